The van der Waals surface area contributed by atoms with Crippen molar-refractivity contribution < 1.29 is 19.0 Å². The molecule has 0 saturated carbocycles. The Morgan fingerprint density at radius 2 is 1.33 bits per heavy atom. The first kappa shape index (κ1) is 14.9. The number of carbonyl (C=O) groups is 1. The number of ether oxygens (including phenoxy) is 3. The van der Waals surface area contributed by atoms with Gasteiger partial charge in [0, 0.05) is 18.1 Å². The van der Waals surface area contributed by atoms with Crippen LogP contribution >= 0.6 is 0 Å². The van der Waals surface area contributed by atoms with E-state index in [9.17, 15) is 4.79 Å². The lowest BCUT2D eigenvalue weighted by atomic mass is 10.0. The molecule has 0 saturated heterocycles. The third kappa shape index (κ3) is 3.75. The van der Waals surface area contributed by atoms with E-state index in [1.807, 2.05) is 24.3 Å². The highest BCUT2D eigenvalue weighted by atomic mass is 16.5. The van der Waals surface area contributed by atoms with E-state index in [1.54, 1.807) is 39.5 Å². The zero-order chi connectivity index (χ0) is 15.2. The van der Waals surface area contributed by atoms with Crippen LogP contribution in [0.3, 0.4) is 0 Å². The van der Waals surface area contributed by atoms with Crippen molar-refractivity contribution >= 4 is 5.78 Å². The fraction of sp³-hybridized carbons (Fsp3) is 0.235. The van der Waals surface area contributed by atoms with Gasteiger partial charge in [0.25, 0.3) is 0 Å². The van der Waals surface area contributed by atoms with E-state index >= 15 is 0 Å². The minimum Gasteiger partial charge on any atom is -0.497 e. The summed E-state index contributed by atoms with van der Waals surface area (Å²) < 4.78 is 15.5. The van der Waals surface area contributed by atoms with Crippen molar-refractivity contribution in [1.82, 2.24) is 0 Å². The number of Topliss-reactive ketones (excluding diaryl/α,β-unsaturated/α-hetero) is 1. The van der Waals surface area contributed by atoms with Gasteiger partial charge in [0.15, 0.2) is 5.78 Å². The molecule has 0 heterocycles. The second-order valence-corrected chi connectivity index (χ2v) is 4.55. The molecule has 0 fully saturated rings. The Kier molecular flexibility index (Phi) is 4.82. The first-order valence-corrected chi connectivity index (χ1v) is 6.55. The average molecular weight is 286 g/mol. The molecule has 2 aromatic rings. The fourth-order valence-corrected chi connectivity index (χ4v) is 2.00. The topological polar surface area (TPSA) is 44.8 Å². The molecule has 0 amide bonds. The number of ketones is 1. The molecular formula is C17H18O4. The van der Waals surface area contributed by atoms with Crippen LogP contribution in [-0.2, 0) is 6.42 Å². The molecule has 0 aromatic heterocycles. The molecule has 0 N–H and O–H groups in total. The van der Waals surface area contributed by atoms with Gasteiger partial charge < -0.3 is 14.2 Å². The fourth-order valence-electron chi connectivity index (χ4n) is 2.00. The van der Waals surface area contributed by atoms with Crippen LogP contribution < -0.4 is 14.2 Å². The molecular weight excluding hydrogens is 268 g/mol. The minimum atomic E-state index is 0.0115. The molecule has 4 heteroatoms. The Bertz CT molecular complexity index is 595. The van der Waals surface area contributed by atoms with Gasteiger partial charge in [0.2, 0.25) is 0 Å². The van der Waals surface area contributed by atoms with Gasteiger partial charge in [0.05, 0.1) is 21.3 Å². The molecule has 21 heavy (non-hydrogen) atoms. The summed E-state index contributed by atoms with van der Waals surface area (Å²) in [6.07, 6.45) is 0.320. The number of rotatable bonds is 6. The lowest BCUT2D eigenvalue weighted by Crippen LogP contribution is -2.04. The smallest absolute Gasteiger partial charge is 0.167 e. The summed E-state index contributed by atoms with van der Waals surface area (Å²) in [6.45, 7) is 0. The van der Waals surface area contributed by atoms with Gasteiger partial charge >= 0.3 is 0 Å². The Morgan fingerprint density at radius 3 is 1.81 bits per heavy atom. The molecule has 0 unspecified atom stereocenters. The van der Waals surface area contributed by atoms with Crippen LogP contribution in [0.1, 0.15) is 15.9 Å². The van der Waals surface area contributed by atoms with E-state index in [4.69, 9.17) is 14.2 Å². The van der Waals surface area contributed by atoms with Gasteiger partial charge in [-0.1, -0.05) is 12.1 Å². The Balaban J connectivity index is 2.18. The largest absolute Gasteiger partial charge is 0.497 e. The van der Waals surface area contributed by atoms with Crippen molar-refractivity contribution in [2.75, 3.05) is 21.3 Å². The molecule has 0 bridgehead atoms. The van der Waals surface area contributed by atoms with Crippen LogP contribution in [0.2, 0.25) is 0 Å². The number of hydrogen-bond donors (Lipinski definition) is 0. The highest BCUT2D eigenvalue weighted by Crippen LogP contribution is 2.23. The highest BCUT2D eigenvalue weighted by molar-refractivity contribution is 5.98. The number of methoxy groups -OCH3 is 3. The van der Waals surface area contributed by atoms with E-state index < -0.39 is 0 Å². The third-order valence-electron chi connectivity index (χ3n) is 3.20. The number of hydrogen-bond acceptors (Lipinski definition) is 4. The Hall–Kier alpha value is -2.49. The average Bonchev–Trinajstić information content (AvgIpc) is 2.54. The zero-order valence-corrected chi connectivity index (χ0v) is 12.4. The summed E-state index contributed by atoms with van der Waals surface area (Å²) in [5.41, 5.74) is 1.50. The Morgan fingerprint density at radius 1 is 0.810 bits per heavy atom. The number of carbonyl (C=O) groups excluding carboxylic acids is 1. The van der Waals surface area contributed by atoms with E-state index in [-0.39, 0.29) is 5.78 Å². The highest BCUT2D eigenvalue weighted by Gasteiger charge is 2.11. The van der Waals surface area contributed by atoms with Crippen LogP contribution in [0.5, 0.6) is 17.2 Å². The molecule has 0 aliphatic heterocycles. The van der Waals surface area contributed by atoms with Crippen molar-refractivity contribution in [2.45, 2.75) is 6.42 Å². The minimum absolute atomic E-state index is 0.0115. The van der Waals surface area contributed by atoms with Gasteiger partial charge in [-0.25, -0.2) is 0 Å². The molecule has 0 atom stereocenters. The lowest BCUT2D eigenvalue weighted by Gasteiger charge is -2.08. The molecule has 0 spiro atoms. The monoisotopic (exact) mass is 286 g/mol. The maximum Gasteiger partial charge on any atom is 0.167 e. The predicted molar refractivity (Wildman–Crippen MR) is 80.6 cm³/mol. The summed E-state index contributed by atoms with van der Waals surface area (Å²) in [5.74, 6) is 1.99. The molecule has 0 aliphatic rings. The standard InChI is InChI=1S/C17H18O4/c1-19-14-6-4-12(5-7-14)8-17(18)13-9-15(20-2)11-16(10-13)21-3/h4-7,9-11H,8H2,1-3H3. The first-order chi connectivity index (χ1) is 10.2. The van der Waals surface area contributed by atoms with Crippen molar-refractivity contribution in [2.24, 2.45) is 0 Å². The van der Waals surface area contributed by atoms with Crippen molar-refractivity contribution in [3.05, 3.63) is 53.6 Å². The second kappa shape index (κ2) is 6.79. The zero-order valence-electron chi connectivity index (χ0n) is 12.4. The van der Waals surface area contributed by atoms with Crippen molar-refractivity contribution in [1.29, 1.82) is 0 Å². The third-order valence-corrected chi connectivity index (χ3v) is 3.20. The summed E-state index contributed by atoms with van der Waals surface area (Å²) in [6, 6.07) is 12.6. The first-order valence-electron chi connectivity index (χ1n) is 6.55. The molecule has 0 aliphatic carbocycles. The molecule has 0 radical (unpaired) electrons. The summed E-state index contributed by atoms with van der Waals surface area (Å²) in [7, 11) is 4.74. The van der Waals surface area contributed by atoms with Gasteiger partial charge in [-0.3, -0.25) is 4.79 Å². The van der Waals surface area contributed by atoms with E-state index in [1.165, 1.54) is 0 Å². The van der Waals surface area contributed by atoms with Crippen LogP contribution in [-0.4, -0.2) is 27.1 Å². The van der Waals surface area contributed by atoms with Crippen LogP contribution in [0, 0.1) is 0 Å². The maximum absolute atomic E-state index is 12.4. The number of benzene rings is 2. The SMILES string of the molecule is COc1ccc(CC(=O)c2cc(OC)cc(OC)c2)cc1. The van der Waals surface area contributed by atoms with Crippen LogP contribution in [0.15, 0.2) is 42.5 Å². The lowest BCUT2D eigenvalue weighted by molar-refractivity contribution is 0.0992. The van der Waals surface area contributed by atoms with Crippen molar-refractivity contribution in [3.8, 4) is 17.2 Å². The molecule has 2 rings (SSSR count). The normalized spacial score (nSPS) is 10.0. The predicted octanol–water partition coefficient (Wildman–Crippen LogP) is 3.14. The maximum atomic E-state index is 12.4. The van der Waals surface area contributed by atoms with Crippen LogP contribution in [0.25, 0.3) is 0 Å². The van der Waals surface area contributed by atoms with Gasteiger partial charge in [-0.05, 0) is 29.8 Å². The van der Waals surface area contributed by atoms with Crippen LogP contribution in [0.4, 0.5) is 0 Å². The molecule has 4 nitrogen and oxygen atoms in total. The summed E-state index contributed by atoms with van der Waals surface area (Å²) >= 11 is 0. The van der Waals surface area contributed by atoms with E-state index in [0.29, 0.717) is 23.5 Å². The molecule has 2 aromatic carbocycles. The quantitative estimate of drug-likeness (QED) is 0.765. The van der Waals surface area contributed by atoms with E-state index in [2.05, 4.69) is 0 Å². The van der Waals surface area contributed by atoms with Gasteiger partial charge in [0.1, 0.15) is 17.2 Å². The Labute approximate surface area is 124 Å². The van der Waals surface area contributed by atoms with Gasteiger partial charge in [-0.15, -0.1) is 0 Å². The van der Waals surface area contributed by atoms with E-state index in [0.717, 1.165) is 11.3 Å². The molecule has 110 valence electrons. The summed E-state index contributed by atoms with van der Waals surface area (Å²) in [4.78, 5) is 12.4. The van der Waals surface area contributed by atoms with Crippen molar-refractivity contribution in [3.63, 3.8) is 0 Å². The van der Waals surface area contributed by atoms with Gasteiger partial charge in [-0.2, -0.15) is 0 Å². The second-order valence-electron chi connectivity index (χ2n) is 4.55. The summed E-state index contributed by atoms with van der Waals surface area (Å²) in [5, 5.41) is 0.